The molecule has 9 nitrogen and oxygen atoms in total. The topological polar surface area (TPSA) is 112 Å². The molecule has 1 aliphatic heterocycles. The number of carbonyl (C=O) groups is 1. The smallest absolute Gasteiger partial charge is 0.338 e. The van der Waals surface area contributed by atoms with Gasteiger partial charge in [-0.2, -0.15) is 5.26 Å². The molecule has 11 heteroatoms. The molecule has 0 unspecified atom stereocenters. The average Bonchev–Trinajstić information content (AvgIpc) is 3.34. The fourth-order valence-corrected chi connectivity index (χ4v) is 6.61. The van der Waals surface area contributed by atoms with E-state index in [0.717, 1.165) is 5.56 Å². The summed E-state index contributed by atoms with van der Waals surface area (Å²) in [5.74, 6) is 0.948. The first-order valence-corrected chi connectivity index (χ1v) is 16.2. The van der Waals surface area contributed by atoms with Gasteiger partial charge in [-0.05, 0) is 63.6 Å². The minimum absolute atomic E-state index is 0.131. The second-order valence-electron chi connectivity index (χ2n) is 10.6. The highest BCUT2D eigenvalue weighted by molar-refractivity contribution is 9.10. The number of nitriles is 1. The average molecular weight is 703 g/mol. The van der Waals surface area contributed by atoms with Crippen molar-refractivity contribution < 1.29 is 23.7 Å². The predicted octanol–water partition coefficient (Wildman–Crippen LogP) is 5.81. The van der Waals surface area contributed by atoms with E-state index in [2.05, 4.69) is 27.0 Å². The zero-order chi connectivity index (χ0) is 33.0. The fraction of sp³-hybridized carbons (Fsp3) is 0.257. The number of nitrogens with zero attached hydrogens (tertiary/aromatic N) is 3. The van der Waals surface area contributed by atoms with Crippen molar-refractivity contribution in [2.75, 3.05) is 13.7 Å². The summed E-state index contributed by atoms with van der Waals surface area (Å²) in [6.07, 6.45) is 1.62. The van der Waals surface area contributed by atoms with Gasteiger partial charge in [0.05, 0.1) is 47.3 Å². The number of para-hydroxylation sites is 1. The van der Waals surface area contributed by atoms with Gasteiger partial charge in [0.25, 0.3) is 5.56 Å². The lowest BCUT2D eigenvalue weighted by Gasteiger charge is -2.26. The Morgan fingerprint density at radius 3 is 2.59 bits per heavy atom. The Kier molecular flexibility index (Phi) is 10.1. The van der Waals surface area contributed by atoms with E-state index in [1.807, 2.05) is 50.2 Å². The Morgan fingerprint density at radius 1 is 1.13 bits per heavy atom. The number of hydrogen-bond acceptors (Lipinski definition) is 9. The molecule has 236 valence electrons. The Hall–Kier alpha value is -4.66. The summed E-state index contributed by atoms with van der Waals surface area (Å²) in [7, 11) is 1.54. The number of thiazole rings is 1. The van der Waals surface area contributed by atoms with E-state index in [9.17, 15) is 14.9 Å². The summed E-state index contributed by atoms with van der Waals surface area (Å²) in [5, 5.41) is 9.42. The van der Waals surface area contributed by atoms with Crippen molar-refractivity contribution in [2.24, 2.45) is 4.99 Å². The molecular formula is C35H32BrN3O6S. The van der Waals surface area contributed by atoms with Crippen LogP contribution in [0.4, 0.5) is 0 Å². The van der Waals surface area contributed by atoms with E-state index in [1.54, 1.807) is 44.2 Å². The summed E-state index contributed by atoms with van der Waals surface area (Å²) in [6, 6.07) is 19.5. The van der Waals surface area contributed by atoms with Crippen LogP contribution in [0.3, 0.4) is 0 Å². The van der Waals surface area contributed by atoms with E-state index < -0.39 is 12.0 Å². The Labute approximate surface area is 278 Å². The zero-order valence-corrected chi connectivity index (χ0v) is 28.4. The molecule has 46 heavy (non-hydrogen) atoms. The summed E-state index contributed by atoms with van der Waals surface area (Å²) >= 11 is 4.84. The molecule has 1 atom stereocenters. The van der Waals surface area contributed by atoms with Crippen LogP contribution in [0.2, 0.25) is 0 Å². The second kappa shape index (κ2) is 14.2. The molecule has 1 aromatic heterocycles. The first-order chi connectivity index (χ1) is 22.2. The van der Waals surface area contributed by atoms with Crippen LogP contribution in [-0.4, -0.2) is 30.4 Å². The molecule has 0 N–H and O–H groups in total. The highest BCUT2D eigenvalue weighted by Crippen LogP contribution is 2.37. The predicted molar refractivity (Wildman–Crippen MR) is 179 cm³/mol. The van der Waals surface area contributed by atoms with Crippen molar-refractivity contribution in [3.05, 3.63) is 118 Å². The molecule has 2 heterocycles. The lowest BCUT2D eigenvalue weighted by molar-refractivity contribution is -0.139. The highest BCUT2D eigenvalue weighted by Gasteiger charge is 2.35. The van der Waals surface area contributed by atoms with Crippen molar-refractivity contribution in [3.63, 3.8) is 0 Å². The lowest BCUT2D eigenvalue weighted by atomic mass is 9.95. The Balaban J connectivity index is 1.61. The number of hydrogen-bond donors (Lipinski definition) is 0. The van der Waals surface area contributed by atoms with Crippen LogP contribution in [0.5, 0.6) is 17.2 Å². The van der Waals surface area contributed by atoms with Crippen LogP contribution in [0.1, 0.15) is 56.0 Å². The van der Waals surface area contributed by atoms with E-state index in [1.165, 1.54) is 23.0 Å². The van der Waals surface area contributed by atoms with Crippen LogP contribution in [0.25, 0.3) is 6.08 Å². The number of fused-ring (bicyclic) bond motifs is 1. The molecule has 3 aromatic carbocycles. The van der Waals surface area contributed by atoms with Crippen LogP contribution in [-0.2, 0) is 16.1 Å². The number of rotatable bonds is 10. The van der Waals surface area contributed by atoms with Crippen molar-refractivity contribution in [2.45, 2.75) is 46.4 Å². The van der Waals surface area contributed by atoms with Gasteiger partial charge in [0.1, 0.15) is 18.4 Å². The van der Waals surface area contributed by atoms with Crippen LogP contribution < -0.4 is 29.1 Å². The SMILES string of the molecule is CCOC(=O)C1=C(C)N=c2s/c(=C/c3cc(OC)c(OCc4ccccc4C#N)cc3Br)c(=O)n2[C@@H]1c1ccccc1OC(C)C. The van der Waals surface area contributed by atoms with E-state index in [-0.39, 0.29) is 30.5 Å². The Bertz CT molecular complexity index is 2060. The zero-order valence-electron chi connectivity index (χ0n) is 26.0. The van der Waals surface area contributed by atoms with Gasteiger partial charge in [0.2, 0.25) is 0 Å². The third-order valence-electron chi connectivity index (χ3n) is 7.18. The number of esters is 1. The van der Waals surface area contributed by atoms with E-state index >= 15 is 0 Å². The largest absolute Gasteiger partial charge is 0.493 e. The molecule has 1 aliphatic rings. The van der Waals surface area contributed by atoms with Crippen LogP contribution in [0.15, 0.2) is 86.2 Å². The molecule has 0 saturated carbocycles. The van der Waals surface area contributed by atoms with Gasteiger partial charge in [-0.15, -0.1) is 0 Å². The minimum Gasteiger partial charge on any atom is -0.493 e. The molecule has 4 aromatic rings. The first-order valence-electron chi connectivity index (χ1n) is 14.6. The summed E-state index contributed by atoms with van der Waals surface area (Å²) < 4.78 is 25.8. The maximum atomic E-state index is 14.2. The standard InChI is InChI=1S/C35H32BrN3O6S/c1-6-43-34(41)31-21(4)38-35-39(32(31)25-13-9-10-14-27(25)45-20(2)3)33(40)30(46-35)16-24-15-28(42-5)29(17-26(24)36)44-19-23-12-8-7-11-22(23)18-37/h7-17,20,32H,6,19H2,1-5H3/b30-16+/t32-/m1/s1. The van der Waals surface area contributed by atoms with Crippen molar-refractivity contribution >= 4 is 39.3 Å². The number of ether oxygens (including phenoxy) is 4. The first kappa shape index (κ1) is 32.7. The second-order valence-corrected chi connectivity index (χ2v) is 12.5. The third kappa shape index (κ3) is 6.64. The maximum absolute atomic E-state index is 14.2. The Morgan fingerprint density at radius 2 is 1.87 bits per heavy atom. The van der Waals surface area contributed by atoms with Crippen molar-refractivity contribution in [3.8, 4) is 23.3 Å². The molecule has 5 rings (SSSR count). The molecule has 0 amide bonds. The van der Waals surface area contributed by atoms with Crippen LogP contribution >= 0.6 is 27.3 Å². The van der Waals surface area contributed by atoms with E-state index in [4.69, 9.17) is 18.9 Å². The van der Waals surface area contributed by atoms with Gasteiger partial charge in [-0.3, -0.25) is 9.36 Å². The minimum atomic E-state index is -0.808. The van der Waals surface area contributed by atoms with Gasteiger partial charge < -0.3 is 18.9 Å². The van der Waals surface area contributed by atoms with Gasteiger partial charge in [0, 0.05) is 15.6 Å². The number of methoxy groups -OCH3 is 1. The molecule has 0 spiro atoms. The number of aromatic nitrogens is 1. The molecular weight excluding hydrogens is 670 g/mol. The van der Waals surface area contributed by atoms with Crippen molar-refractivity contribution in [1.82, 2.24) is 4.57 Å². The quantitative estimate of drug-likeness (QED) is 0.192. The fourth-order valence-electron chi connectivity index (χ4n) is 5.14. The molecule has 0 aliphatic carbocycles. The van der Waals surface area contributed by atoms with Gasteiger partial charge in [-0.1, -0.05) is 63.7 Å². The molecule has 0 radical (unpaired) electrons. The van der Waals surface area contributed by atoms with E-state index in [0.29, 0.717) is 53.4 Å². The highest BCUT2D eigenvalue weighted by atomic mass is 79.9. The molecule has 0 fully saturated rings. The van der Waals surface area contributed by atoms with Gasteiger partial charge in [0.15, 0.2) is 16.3 Å². The number of allylic oxidation sites excluding steroid dienone is 1. The normalized spacial score (nSPS) is 14.4. The summed E-state index contributed by atoms with van der Waals surface area (Å²) in [6.45, 7) is 7.68. The third-order valence-corrected chi connectivity index (χ3v) is 8.85. The number of carbonyl (C=O) groups excluding carboxylic acids is 1. The monoisotopic (exact) mass is 701 g/mol. The maximum Gasteiger partial charge on any atom is 0.338 e. The summed E-state index contributed by atoms with van der Waals surface area (Å²) in [5.41, 5.74) is 3.05. The molecule has 0 saturated heterocycles. The van der Waals surface area contributed by atoms with Gasteiger partial charge >= 0.3 is 5.97 Å². The number of halogens is 1. The molecule has 0 bridgehead atoms. The lowest BCUT2D eigenvalue weighted by Crippen LogP contribution is -2.40. The summed E-state index contributed by atoms with van der Waals surface area (Å²) in [4.78, 5) is 32.6. The number of benzene rings is 3. The van der Waals surface area contributed by atoms with Crippen LogP contribution in [0, 0.1) is 11.3 Å². The van der Waals surface area contributed by atoms with Crippen molar-refractivity contribution in [1.29, 1.82) is 5.26 Å². The van der Waals surface area contributed by atoms with Gasteiger partial charge in [-0.25, -0.2) is 9.79 Å².